The Kier molecular flexibility index (Phi) is 4.48. The molecule has 0 radical (unpaired) electrons. The van der Waals surface area contributed by atoms with Gasteiger partial charge < -0.3 is 18.5 Å². The van der Waals surface area contributed by atoms with E-state index >= 15 is 0 Å². The molecular weight excluding hydrogens is 380 g/mol. The molecule has 2 aromatic heterocycles. The van der Waals surface area contributed by atoms with E-state index in [0.717, 1.165) is 10.2 Å². The number of ether oxygens (including phenoxy) is 2. The van der Waals surface area contributed by atoms with E-state index in [9.17, 15) is 9.59 Å². The number of fused-ring (bicyclic) bond motifs is 2. The molecule has 0 aliphatic carbocycles. The lowest BCUT2D eigenvalue weighted by Crippen LogP contribution is -2.17. The van der Waals surface area contributed by atoms with Gasteiger partial charge in [0.25, 0.3) is 5.91 Å². The fraction of sp³-hybridized carbons (Fsp3) is 0.150. The molecule has 142 valence electrons. The van der Waals surface area contributed by atoms with E-state index in [0.29, 0.717) is 27.3 Å². The average Bonchev–Trinajstić information content (AvgIpc) is 3.00. The van der Waals surface area contributed by atoms with E-state index in [1.54, 1.807) is 50.1 Å². The number of nitrogens with zero attached hydrogens (tertiary/aromatic N) is 2. The van der Waals surface area contributed by atoms with E-state index in [-0.39, 0.29) is 5.56 Å². The van der Waals surface area contributed by atoms with Crippen molar-refractivity contribution in [1.29, 1.82) is 0 Å². The van der Waals surface area contributed by atoms with Crippen LogP contribution >= 0.6 is 11.3 Å². The number of aryl methyl sites for hydroxylation is 1. The van der Waals surface area contributed by atoms with Crippen LogP contribution in [0.4, 0.5) is 0 Å². The minimum Gasteiger partial charge on any atom is -0.493 e. The Morgan fingerprint density at radius 2 is 1.82 bits per heavy atom. The highest BCUT2D eigenvalue weighted by molar-refractivity contribution is 7.16. The number of carbonyl (C=O) groups excluding carboxylic acids is 1. The van der Waals surface area contributed by atoms with Crippen LogP contribution in [0, 0.1) is 0 Å². The number of methoxy groups -OCH3 is 2. The van der Waals surface area contributed by atoms with Crippen LogP contribution in [0.5, 0.6) is 11.5 Å². The van der Waals surface area contributed by atoms with Crippen molar-refractivity contribution in [2.45, 2.75) is 0 Å². The van der Waals surface area contributed by atoms with Gasteiger partial charge in [0.2, 0.25) is 0 Å². The highest BCUT2D eigenvalue weighted by Gasteiger charge is 2.15. The van der Waals surface area contributed by atoms with E-state index in [4.69, 9.17) is 13.9 Å². The first-order valence-corrected chi connectivity index (χ1v) is 9.17. The maximum absolute atomic E-state index is 12.7. The second-order valence-corrected chi connectivity index (χ2v) is 7.03. The van der Waals surface area contributed by atoms with Crippen LogP contribution in [-0.4, -0.2) is 24.7 Å². The Bertz CT molecular complexity index is 1350. The Hall–Kier alpha value is -3.39. The first-order chi connectivity index (χ1) is 13.5. The molecule has 0 spiro atoms. The molecule has 0 N–H and O–H groups in total. The Morgan fingerprint density at radius 3 is 2.57 bits per heavy atom. The third-order valence-corrected chi connectivity index (χ3v) is 5.48. The van der Waals surface area contributed by atoms with Crippen molar-refractivity contribution in [2.75, 3.05) is 14.2 Å². The topological polar surface area (TPSA) is 83.0 Å². The number of carbonyl (C=O) groups is 1. The molecule has 8 heteroatoms. The van der Waals surface area contributed by atoms with Gasteiger partial charge in [0.1, 0.15) is 11.1 Å². The molecule has 0 fully saturated rings. The van der Waals surface area contributed by atoms with Crippen molar-refractivity contribution in [2.24, 2.45) is 12.0 Å². The summed E-state index contributed by atoms with van der Waals surface area (Å²) in [5.74, 6) is 0.516. The molecule has 7 nitrogen and oxygen atoms in total. The second-order valence-electron chi connectivity index (χ2n) is 6.02. The van der Waals surface area contributed by atoms with Gasteiger partial charge in [0.05, 0.1) is 24.4 Å². The maximum atomic E-state index is 12.7. The van der Waals surface area contributed by atoms with E-state index < -0.39 is 11.5 Å². The summed E-state index contributed by atoms with van der Waals surface area (Å²) in [4.78, 5) is 29.5. The number of benzene rings is 2. The van der Waals surface area contributed by atoms with Crippen LogP contribution in [-0.2, 0) is 7.05 Å². The summed E-state index contributed by atoms with van der Waals surface area (Å²) in [5, 5.41) is 0.663. The van der Waals surface area contributed by atoms with Crippen molar-refractivity contribution in [3.05, 3.63) is 63.2 Å². The Morgan fingerprint density at radius 1 is 1.11 bits per heavy atom. The molecule has 4 rings (SSSR count). The predicted molar refractivity (Wildman–Crippen MR) is 106 cm³/mol. The number of hydrogen-bond acceptors (Lipinski definition) is 6. The van der Waals surface area contributed by atoms with Crippen LogP contribution in [0.2, 0.25) is 0 Å². The lowest BCUT2D eigenvalue weighted by molar-refractivity contribution is 0.0994. The maximum Gasteiger partial charge on any atom is 0.349 e. The summed E-state index contributed by atoms with van der Waals surface area (Å²) in [5.41, 5.74) is 0.446. The highest BCUT2D eigenvalue weighted by Crippen LogP contribution is 2.33. The summed E-state index contributed by atoms with van der Waals surface area (Å²) in [6.45, 7) is 0. The quantitative estimate of drug-likeness (QED) is 0.497. The molecule has 0 unspecified atom stereocenters. The highest BCUT2D eigenvalue weighted by atomic mass is 32.1. The summed E-state index contributed by atoms with van der Waals surface area (Å²) in [6, 6.07) is 12.2. The fourth-order valence-electron chi connectivity index (χ4n) is 2.92. The zero-order valence-electron chi connectivity index (χ0n) is 15.4. The minimum absolute atomic E-state index is 0.105. The van der Waals surface area contributed by atoms with Crippen LogP contribution < -0.4 is 19.9 Å². The number of hydrogen-bond donors (Lipinski definition) is 0. The molecule has 0 saturated heterocycles. The molecule has 2 heterocycles. The van der Waals surface area contributed by atoms with E-state index in [1.807, 2.05) is 12.1 Å². The van der Waals surface area contributed by atoms with Gasteiger partial charge in [-0.3, -0.25) is 4.79 Å². The van der Waals surface area contributed by atoms with Gasteiger partial charge in [-0.15, -0.1) is 0 Å². The standard InChI is InChI=1S/C20H16N2O5S/c1-22-13-9-15(25-2)16(26-3)10-17(13)28-20(22)21-18(23)12-8-11-6-4-5-7-14(11)27-19(12)24/h4-10H,1-3H3. The van der Waals surface area contributed by atoms with Gasteiger partial charge >= 0.3 is 5.63 Å². The van der Waals surface area contributed by atoms with Crippen molar-refractivity contribution >= 4 is 38.4 Å². The molecule has 0 aliphatic heterocycles. The molecule has 0 aliphatic rings. The largest absolute Gasteiger partial charge is 0.493 e. The first kappa shape index (κ1) is 18.0. The normalized spacial score (nSPS) is 11.9. The van der Waals surface area contributed by atoms with Crippen LogP contribution in [0.3, 0.4) is 0 Å². The van der Waals surface area contributed by atoms with Gasteiger partial charge in [0, 0.05) is 24.6 Å². The van der Waals surface area contributed by atoms with Gasteiger partial charge in [0.15, 0.2) is 16.3 Å². The SMILES string of the molecule is COc1cc2sc(=NC(=O)c3cc4ccccc4oc3=O)n(C)c2cc1OC. The summed E-state index contributed by atoms with van der Waals surface area (Å²) in [6.07, 6.45) is 0. The summed E-state index contributed by atoms with van der Waals surface area (Å²) in [7, 11) is 4.91. The smallest absolute Gasteiger partial charge is 0.349 e. The zero-order chi connectivity index (χ0) is 19.8. The van der Waals surface area contributed by atoms with Crippen molar-refractivity contribution in [3.8, 4) is 11.5 Å². The van der Waals surface area contributed by atoms with Crippen LogP contribution in [0.15, 0.2) is 56.7 Å². The van der Waals surface area contributed by atoms with Gasteiger partial charge in [-0.05, 0) is 12.1 Å². The van der Waals surface area contributed by atoms with Crippen molar-refractivity contribution in [3.63, 3.8) is 0 Å². The van der Waals surface area contributed by atoms with Crippen molar-refractivity contribution in [1.82, 2.24) is 4.57 Å². The zero-order valence-corrected chi connectivity index (χ0v) is 16.2. The third-order valence-electron chi connectivity index (χ3n) is 4.38. The fourth-order valence-corrected chi connectivity index (χ4v) is 3.95. The van der Waals surface area contributed by atoms with Gasteiger partial charge in [-0.1, -0.05) is 29.5 Å². The Balaban J connectivity index is 1.86. The number of aromatic nitrogens is 1. The molecule has 0 bridgehead atoms. The van der Waals surface area contributed by atoms with Crippen LogP contribution in [0.25, 0.3) is 21.2 Å². The van der Waals surface area contributed by atoms with E-state index in [1.165, 1.54) is 17.4 Å². The van der Waals surface area contributed by atoms with Gasteiger partial charge in [-0.2, -0.15) is 4.99 Å². The second kappa shape index (κ2) is 6.97. The van der Waals surface area contributed by atoms with E-state index in [2.05, 4.69) is 4.99 Å². The number of thiazole rings is 1. The average molecular weight is 396 g/mol. The molecular formula is C20H16N2O5S. The monoisotopic (exact) mass is 396 g/mol. The summed E-state index contributed by atoms with van der Waals surface area (Å²) < 4.78 is 18.5. The third kappa shape index (κ3) is 2.97. The lowest BCUT2D eigenvalue weighted by Gasteiger charge is -2.07. The van der Waals surface area contributed by atoms with Crippen molar-refractivity contribution < 1.29 is 18.7 Å². The number of amides is 1. The number of rotatable bonds is 3. The summed E-state index contributed by atoms with van der Waals surface area (Å²) >= 11 is 1.31. The minimum atomic E-state index is -0.709. The molecule has 1 amide bonds. The molecule has 0 saturated carbocycles. The van der Waals surface area contributed by atoms with Crippen LogP contribution in [0.1, 0.15) is 10.4 Å². The molecule has 2 aromatic carbocycles. The predicted octanol–water partition coefficient (Wildman–Crippen LogP) is 3.10. The van der Waals surface area contributed by atoms with Gasteiger partial charge in [-0.25, -0.2) is 4.79 Å². The lowest BCUT2D eigenvalue weighted by atomic mass is 10.2. The molecule has 0 atom stereocenters. The first-order valence-electron chi connectivity index (χ1n) is 8.35. The molecule has 28 heavy (non-hydrogen) atoms. The molecule has 4 aromatic rings. The number of para-hydroxylation sites is 1. The Labute approximate surface area is 163 Å².